The standard InChI is InChI=1S/C28H52O7/c1-8-10-11-12-15-18-24(29)33-21-23(9-2)35-26(31)28(5,6)20-17-14-13-16-19-27(3,4)25(30)34-22-32-7/h23H,8-22H2,1-7H3. The van der Waals surface area contributed by atoms with E-state index in [0.717, 1.165) is 57.8 Å². The summed E-state index contributed by atoms with van der Waals surface area (Å²) in [4.78, 5) is 36.7. The number of unbranched alkanes of at least 4 members (excludes halogenated alkanes) is 7. The first-order valence-corrected chi connectivity index (χ1v) is 13.5. The van der Waals surface area contributed by atoms with Crippen LogP contribution in [-0.2, 0) is 33.3 Å². The van der Waals surface area contributed by atoms with Crippen LogP contribution in [0.3, 0.4) is 0 Å². The zero-order valence-corrected chi connectivity index (χ0v) is 23.5. The minimum atomic E-state index is -0.597. The summed E-state index contributed by atoms with van der Waals surface area (Å²) in [6, 6.07) is 0. The van der Waals surface area contributed by atoms with Gasteiger partial charge in [0.05, 0.1) is 10.8 Å². The molecule has 0 aromatic heterocycles. The monoisotopic (exact) mass is 500 g/mol. The van der Waals surface area contributed by atoms with Crippen LogP contribution in [0.15, 0.2) is 0 Å². The number of esters is 3. The van der Waals surface area contributed by atoms with Gasteiger partial charge in [-0.1, -0.05) is 65.2 Å². The lowest BCUT2D eigenvalue weighted by Crippen LogP contribution is -2.33. The molecule has 0 saturated carbocycles. The van der Waals surface area contributed by atoms with Gasteiger partial charge in [-0.2, -0.15) is 0 Å². The predicted octanol–water partition coefficient (Wildman–Crippen LogP) is 6.75. The van der Waals surface area contributed by atoms with E-state index < -0.39 is 16.9 Å². The Labute approximate surface area is 214 Å². The Hall–Kier alpha value is -1.63. The highest BCUT2D eigenvalue weighted by Gasteiger charge is 2.31. The van der Waals surface area contributed by atoms with Crippen LogP contribution >= 0.6 is 0 Å². The molecule has 0 aliphatic rings. The van der Waals surface area contributed by atoms with Crippen molar-refractivity contribution in [2.24, 2.45) is 10.8 Å². The quantitative estimate of drug-likeness (QED) is 0.0745. The number of methoxy groups -OCH3 is 1. The fourth-order valence-electron chi connectivity index (χ4n) is 3.68. The molecule has 0 amide bonds. The van der Waals surface area contributed by atoms with Crippen molar-refractivity contribution in [1.29, 1.82) is 0 Å². The van der Waals surface area contributed by atoms with E-state index in [1.54, 1.807) is 0 Å². The molecule has 0 aliphatic heterocycles. The van der Waals surface area contributed by atoms with Gasteiger partial charge in [0.1, 0.15) is 12.7 Å². The van der Waals surface area contributed by atoms with Gasteiger partial charge < -0.3 is 18.9 Å². The van der Waals surface area contributed by atoms with Crippen molar-refractivity contribution in [2.45, 2.75) is 131 Å². The van der Waals surface area contributed by atoms with Crippen molar-refractivity contribution in [3.05, 3.63) is 0 Å². The van der Waals surface area contributed by atoms with E-state index in [9.17, 15) is 14.4 Å². The molecule has 0 spiro atoms. The van der Waals surface area contributed by atoms with Crippen LogP contribution in [0.5, 0.6) is 0 Å². The molecule has 0 radical (unpaired) electrons. The molecular weight excluding hydrogens is 448 g/mol. The van der Waals surface area contributed by atoms with Crippen molar-refractivity contribution in [3.8, 4) is 0 Å². The zero-order valence-electron chi connectivity index (χ0n) is 23.5. The second-order valence-electron chi connectivity index (χ2n) is 10.8. The first kappa shape index (κ1) is 33.4. The average Bonchev–Trinajstić information content (AvgIpc) is 2.81. The number of hydrogen-bond acceptors (Lipinski definition) is 7. The van der Waals surface area contributed by atoms with E-state index in [1.807, 2.05) is 34.6 Å². The molecule has 0 N–H and O–H groups in total. The summed E-state index contributed by atoms with van der Waals surface area (Å²) in [6.07, 6.45) is 11.3. The van der Waals surface area contributed by atoms with E-state index in [2.05, 4.69) is 6.92 Å². The van der Waals surface area contributed by atoms with E-state index in [4.69, 9.17) is 18.9 Å². The van der Waals surface area contributed by atoms with Crippen LogP contribution in [0.4, 0.5) is 0 Å². The maximum atomic E-state index is 12.7. The fraction of sp³-hybridized carbons (Fsp3) is 0.893. The lowest BCUT2D eigenvalue weighted by atomic mass is 9.85. The number of carbonyl (C=O) groups excluding carboxylic acids is 3. The number of ether oxygens (including phenoxy) is 4. The molecule has 7 heteroatoms. The molecule has 0 heterocycles. The van der Waals surface area contributed by atoms with Gasteiger partial charge in [-0.05, 0) is 53.4 Å². The second kappa shape index (κ2) is 18.6. The smallest absolute Gasteiger partial charge is 0.313 e. The van der Waals surface area contributed by atoms with Gasteiger partial charge in [0, 0.05) is 13.5 Å². The first-order chi connectivity index (χ1) is 16.5. The van der Waals surface area contributed by atoms with Gasteiger partial charge in [0.2, 0.25) is 0 Å². The van der Waals surface area contributed by atoms with Crippen LogP contribution < -0.4 is 0 Å². The normalized spacial score (nSPS) is 12.8. The molecule has 35 heavy (non-hydrogen) atoms. The highest BCUT2D eigenvalue weighted by Crippen LogP contribution is 2.29. The van der Waals surface area contributed by atoms with Gasteiger partial charge in [-0.3, -0.25) is 14.4 Å². The third-order valence-electron chi connectivity index (χ3n) is 6.41. The van der Waals surface area contributed by atoms with Crippen LogP contribution in [-0.4, -0.2) is 44.5 Å². The van der Waals surface area contributed by atoms with Gasteiger partial charge in [-0.15, -0.1) is 0 Å². The largest absolute Gasteiger partial charge is 0.462 e. The molecule has 0 aromatic carbocycles. The third-order valence-corrected chi connectivity index (χ3v) is 6.41. The number of carbonyl (C=O) groups is 3. The Balaban J connectivity index is 4.21. The molecule has 0 bridgehead atoms. The summed E-state index contributed by atoms with van der Waals surface area (Å²) in [7, 11) is 1.49. The van der Waals surface area contributed by atoms with Gasteiger partial charge in [0.15, 0.2) is 6.79 Å². The van der Waals surface area contributed by atoms with Crippen LogP contribution in [0.1, 0.15) is 125 Å². The summed E-state index contributed by atoms with van der Waals surface area (Å²) in [6.45, 7) is 11.8. The van der Waals surface area contributed by atoms with Gasteiger partial charge in [-0.25, -0.2) is 0 Å². The summed E-state index contributed by atoms with van der Waals surface area (Å²) in [5, 5.41) is 0. The molecule has 206 valence electrons. The SMILES string of the molecule is CCCCCCCC(=O)OCC(CC)OC(=O)C(C)(C)CCCCCCC(C)(C)C(=O)OCOC. The number of hydrogen-bond donors (Lipinski definition) is 0. The summed E-state index contributed by atoms with van der Waals surface area (Å²) >= 11 is 0. The van der Waals surface area contributed by atoms with E-state index >= 15 is 0 Å². The van der Waals surface area contributed by atoms with Gasteiger partial charge >= 0.3 is 17.9 Å². The van der Waals surface area contributed by atoms with Gasteiger partial charge in [0.25, 0.3) is 0 Å². The maximum absolute atomic E-state index is 12.7. The maximum Gasteiger partial charge on any atom is 0.313 e. The van der Waals surface area contributed by atoms with Crippen LogP contribution in [0.25, 0.3) is 0 Å². The van der Waals surface area contributed by atoms with E-state index in [-0.39, 0.29) is 31.3 Å². The molecule has 1 unspecified atom stereocenters. The number of rotatable bonds is 21. The van der Waals surface area contributed by atoms with Crippen molar-refractivity contribution in [3.63, 3.8) is 0 Å². The zero-order chi connectivity index (χ0) is 26.7. The van der Waals surface area contributed by atoms with Crippen molar-refractivity contribution in [1.82, 2.24) is 0 Å². The molecule has 0 aromatic rings. The van der Waals surface area contributed by atoms with E-state index in [0.29, 0.717) is 12.8 Å². The Morgan fingerprint density at radius 3 is 1.80 bits per heavy atom. The molecule has 0 rings (SSSR count). The minimum Gasteiger partial charge on any atom is -0.462 e. The molecule has 7 nitrogen and oxygen atoms in total. The first-order valence-electron chi connectivity index (χ1n) is 13.5. The van der Waals surface area contributed by atoms with Crippen LogP contribution in [0.2, 0.25) is 0 Å². The molecule has 1 atom stereocenters. The summed E-state index contributed by atoms with van der Waals surface area (Å²) in [5.41, 5.74) is -1.13. The van der Waals surface area contributed by atoms with E-state index in [1.165, 1.54) is 20.0 Å². The topological polar surface area (TPSA) is 88.1 Å². The minimum absolute atomic E-state index is 0.0199. The third kappa shape index (κ3) is 15.9. The highest BCUT2D eigenvalue weighted by atomic mass is 16.7. The Morgan fingerprint density at radius 1 is 0.714 bits per heavy atom. The Kier molecular flexibility index (Phi) is 17.7. The highest BCUT2D eigenvalue weighted by molar-refractivity contribution is 5.76. The van der Waals surface area contributed by atoms with Crippen molar-refractivity contribution < 1.29 is 33.3 Å². The molecule has 0 fully saturated rings. The predicted molar refractivity (Wildman–Crippen MR) is 138 cm³/mol. The Morgan fingerprint density at radius 2 is 1.26 bits per heavy atom. The molecular formula is C28H52O7. The molecule has 0 aliphatic carbocycles. The lowest BCUT2D eigenvalue weighted by Gasteiger charge is -2.26. The molecule has 0 saturated heterocycles. The van der Waals surface area contributed by atoms with Crippen molar-refractivity contribution >= 4 is 17.9 Å². The Bertz CT molecular complexity index is 598. The van der Waals surface area contributed by atoms with Crippen LogP contribution in [0, 0.1) is 10.8 Å². The van der Waals surface area contributed by atoms with Crippen molar-refractivity contribution in [2.75, 3.05) is 20.5 Å². The lowest BCUT2D eigenvalue weighted by molar-refractivity contribution is -0.167. The summed E-state index contributed by atoms with van der Waals surface area (Å²) in [5.74, 6) is -0.709. The average molecular weight is 501 g/mol. The summed E-state index contributed by atoms with van der Waals surface area (Å²) < 4.78 is 20.9. The second-order valence-corrected chi connectivity index (χ2v) is 10.8. The fourth-order valence-corrected chi connectivity index (χ4v) is 3.68.